The monoisotopic (exact) mass is 636 g/mol. The molecule has 3 aromatic rings. The van der Waals surface area contributed by atoms with Gasteiger partial charge in [0.2, 0.25) is 15.9 Å². The van der Waals surface area contributed by atoms with Gasteiger partial charge in [0.25, 0.3) is 17.4 Å². The van der Waals surface area contributed by atoms with E-state index in [9.17, 15) is 32.4 Å². The summed E-state index contributed by atoms with van der Waals surface area (Å²) in [6, 6.07) is 8.25. The molecule has 1 aliphatic carbocycles. The largest absolute Gasteiger partial charge is 0.348 e. The number of nitrogens with zero attached hydrogens (tertiary/aromatic N) is 6. The Labute approximate surface area is 258 Å². The fourth-order valence-corrected chi connectivity index (χ4v) is 6.06. The highest BCUT2D eigenvalue weighted by atomic mass is 32.2. The third kappa shape index (κ3) is 6.36. The number of aryl methyl sites for hydroxylation is 1. The first-order chi connectivity index (χ1) is 21.3. The van der Waals surface area contributed by atoms with Crippen LogP contribution >= 0.6 is 0 Å². The first-order valence-corrected chi connectivity index (χ1v) is 16.3. The van der Waals surface area contributed by atoms with Crippen molar-refractivity contribution in [2.75, 3.05) is 43.9 Å². The summed E-state index contributed by atoms with van der Waals surface area (Å²) in [5.74, 6) is -1.68. The molecule has 236 valence electrons. The van der Waals surface area contributed by atoms with Crippen molar-refractivity contribution in [1.29, 1.82) is 0 Å². The molecule has 3 aliphatic rings. The summed E-state index contributed by atoms with van der Waals surface area (Å²) in [5.41, 5.74) is 1.38. The van der Waals surface area contributed by atoms with Crippen LogP contribution in [0.4, 0.5) is 10.6 Å². The zero-order valence-corrected chi connectivity index (χ0v) is 25.6. The second kappa shape index (κ2) is 11.3. The van der Waals surface area contributed by atoms with Gasteiger partial charge < -0.3 is 15.1 Å². The van der Waals surface area contributed by atoms with Gasteiger partial charge in [0.05, 0.1) is 12.5 Å². The Morgan fingerprint density at radius 3 is 2.40 bits per heavy atom. The quantitative estimate of drug-likeness (QED) is 0.326. The second-order valence-corrected chi connectivity index (χ2v) is 13.7. The van der Waals surface area contributed by atoms with Crippen molar-refractivity contribution in [1.82, 2.24) is 34.4 Å². The van der Waals surface area contributed by atoms with E-state index in [0.29, 0.717) is 13.1 Å². The van der Waals surface area contributed by atoms with Gasteiger partial charge in [0, 0.05) is 38.1 Å². The molecule has 1 spiro atoms. The van der Waals surface area contributed by atoms with E-state index in [1.165, 1.54) is 17.2 Å². The highest BCUT2D eigenvalue weighted by molar-refractivity contribution is 7.89. The molecule has 1 saturated carbocycles. The minimum atomic E-state index is -3.79. The molecule has 2 N–H and O–H groups in total. The van der Waals surface area contributed by atoms with Crippen molar-refractivity contribution in [3.63, 3.8) is 0 Å². The number of sulfonamides is 1. The predicted molar refractivity (Wildman–Crippen MR) is 162 cm³/mol. The van der Waals surface area contributed by atoms with Crippen LogP contribution in [-0.4, -0.2) is 95.5 Å². The van der Waals surface area contributed by atoms with Crippen LogP contribution in [0.1, 0.15) is 34.3 Å². The first-order valence-electron chi connectivity index (χ1n) is 14.4. The van der Waals surface area contributed by atoms with Crippen molar-refractivity contribution < 1.29 is 27.6 Å². The van der Waals surface area contributed by atoms with Gasteiger partial charge in [-0.1, -0.05) is 29.8 Å². The van der Waals surface area contributed by atoms with E-state index in [0.717, 1.165) is 39.7 Å². The summed E-state index contributed by atoms with van der Waals surface area (Å²) < 4.78 is 25.7. The van der Waals surface area contributed by atoms with Crippen LogP contribution < -0.4 is 20.5 Å². The fraction of sp³-hybridized carbons (Fsp3) is 0.414. The van der Waals surface area contributed by atoms with E-state index >= 15 is 0 Å². The minimum absolute atomic E-state index is 0.0740. The lowest BCUT2D eigenvalue weighted by Crippen LogP contribution is -2.53. The predicted octanol–water partition coefficient (Wildman–Crippen LogP) is -0.0299. The maximum Gasteiger partial charge on any atom is 0.326 e. The van der Waals surface area contributed by atoms with Crippen molar-refractivity contribution >= 4 is 50.8 Å². The van der Waals surface area contributed by atoms with Gasteiger partial charge in [0.15, 0.2) is 11.5 Å². The molecule has 16 heteroatoms. The Morgan fingerprint density at radius 1 is 1.02 bits per heavy atom. The lowest BCUT2D eigenvalue weighted by Gasteiger charge is -2.40. The summed E-state index contributed by atoms with van der Waals surface area (Å²) >= 11 is 0. The zero-order chi connectivity index (χ0) is 32.1. The van der Waals surface area contributed by atoms with Crippen molar-refractivity contribution in [3.05, 3.63) is 63.6 Å². The van der Waals surface area contributed by atoms with E-state index in [1.54, 1.807) is 4.90 Å². The number of likely N-dealkylation sites (tertiary alicyclic amines) is 1. The molecule has 15 nitrogen and oxygen atoms in total. The average molecular weight is 637 g/mol. The van der Waals surface area contributed by atoms with Gasteiger partial charge in [-0.25, -0.2) is 23.2 Å². The number of nitrogens with one attached hydrogen (secondary N) is 2. The molecular weight excluding hydrogens is 604 g/mol. The van der Waals surface area contributed by atoms with Crippen molar-refractivity contribution in [2.45, 2.75) is 32.9 Å². The number of rotatable bonds is 9. The smallest absolute Gasteiger partial charge is 0.326 e. The number of amides is 5. The van der Waals surface area contributed by atoms with Crippen LogP contribution in [0.15, 0.2) is 41.3 Å². The number of urea groups is 1. The highest BCUT2D eigenvalue weighted by Gasteiger charge is 2.53. The lowest BCUT2D eigenvalue weighted by molar-refractivity contribution is -0.139. The third-order valence-electron chi connectivity index (χ3n) is 8.26. The van der Waals surface area contributed by atoms with Gasteiger partial charge in [-0.15, -0.1) is 0 Å². The Morgan fingerprint density at radius 2 is 1.73 bits per heavy atom. The molecule has 45 heavy (non-hydrogen) atoms. The Bertz CT molecular complexity index is 1900. The maximum absolute atomic E-state index is 13.6. The SMILES string of the molecule is Cc1ccc(CNC(=O)c2cc3nc(N4CCN(CC(=O)NS(C)(=O)=O)C4=O)cnc3n(CC(=O)N3CC4(CC4)C3)c2=O)cc1. The average Bonchev–Trinajstić information content (AvgIpc) is 3.70. The highest BCUT2D eigenvalue weighted by Crippen LogP contribution is 2.52. The van der Waals surface area contributed by atoms with E-state index in [2.05, 4.69) is 15.3 Å². The molecular formula is C29H32N8O7S. The first kappa shape index (κ1) is 30.2. The van der Waals surface area contributed by atoms with E-state index in [4.69, 9.17) is 0 Å². The second-order valence-electron chi connectivity index (χ2n) is 12.0. The molecule has 4 heterocycles. The fourth-order valence-electron chi connectivity index (χ4n) is 5.58. The summed E-state index contributed by atoms with van der Waals surface area (Å²) in [7, 11) is -3.79. The van der Waals surface area contributed by atoms with Crippen LogP contribution in [0.2, 0.25) is 0 Å². The summed E-state index contributed by atoms with van der Waals surface area (Å²) in [5, 5.41) is 2.75. The molecule has 1 aromatic carbocycles. The van der Waals surface area contributed by atoms with Crippen LogP contribution in [0.3, 0.4) is 0 Å². The van der Waals surface area contributed by atoms with Gasteiger partial charge in [-0.3, -0.25) is 33.4 Å². The van der Waals surface area contributed by atoms with Crippen LogP contribution in [0, 0.1) is 12.3 Å². The molecule has 0 bridgehead atoms. The standard InChI is InChI=1S/C29H32N8O7S/c1-18-3-5-19(6-4-18)12-31-26(40)20-11-21-25(37(27(20)41)15-24(39)35-16-29(17-35)7-8-29)30-13-22(32-21)36-10-9-34(28(36)42)14-23(38)33-45(2,43)44/h3-6,11,13H,7-10,12,14-17H2,1-2H3,(H,31,40)(H,33,38). The molecule has 6 rings (SSSR count). The van der Waals surface area contributed by atoms with Crippen molar-refractivity contribution in [3.8, 4) is 0 Å². The zero-order valence-electron chi connectivity index (χ0n) is 24.8. The van der Waals surface area contributed by atoms with Gasteiger partial charge in [0.1, 0.15) is 24.2 Å². The van der Waals surface area contributed by atoms with Crippen LogP contribution in [0.5, 0.6) is 0 Å². The molecule has 5 amide bonds. The summed E-state index contributed by atoms with van der Waals surface area (Å²) in [6.07, 6.45) is 4.28. The minimum Gasteiger partial charge on any atom is -0.348 e. The van der Waals surface area contributed by atoms with E-state index in [-0.39, 0.29) is 60.0 Å². The van der Waals surface area contributed by atoms with Crippen molar-refractivity contribution in [2.24, 2.45) is 5.41 Å². The number of anilines is 1. The number of fused-ring (bicyclic) bond motifs is 1. The van der Waals surface area contributed by atoms with Gasteiger partial charge in [-0.2, -0.15) is 0 Å². The number of benzene rings is 1. The molecule has 3 fully saturated rings. The number of pyridine rings is 1. The van der Waals surface area contributed by atoms with Crippen LogP contribution in [0.25, 0.3) is 11.2 Å². The number of hydrogen-bond donors (Lipinski definition) is 2. The summed E-state index contributed by atoms with van der Waals surface area (Å²) in [4.78, 5) is 78.3. The molecule has 0 unspecified atom stereocenters. The maximum atomic E-state index is 13.6. The number of aromatic nitrogens is 3. The lowest BCUT2D eigenvalue weighted by atomic mass is 9.97. The van der Waals surface area contributed by atoms with Gasteiger partial charge >= 0.3 is 6.03 Å². The Hall–Kier alpha value is -4.86. The molecule has 2 saturated heterocycles. The molecule has 2 aromatic heterocycles. The molecule has 0 radical (unpaired) electrons. The third-order valence-corrected chi connectivity index (χ3v) is 8.86. The number of hydrogen-bond acceptors (Lipinski definition) is 9. The normalized spacial score (nSPS) is 17.0. The van der Waals surface area contributed by atoms with Crippen LogP contribution in [-0.2, 0) is 32.7 Å². The van der Waals surface area contributed by atoms with E-state index < -0.39 is 40.0 Å². The molecule has 2 aliphatic heterocycles. The number of carbonyl (C=O) groups is 4. The Kier molecular flexibility index (Phi) is 7.54. The van der Waals surface area contributed by atoms with E-state index in [1.807, 2.05) is 35.9 Å². The van der Waals surface area contributed by atoms with Gasteiger partial charge in [-0.05, 0) is 31.4 Å². The summed E-state index contributed by atoms with van der Waals surface area (Å²) in [6.45, 7) is 2.84. The Balaban J connectivity index is 1.28. The molecule has 0 atom stereocenters. The number of carbonyl (C=O) groups excluding carboxylic acids is 4. The topological polar surface area (TPSA) is 184 Å².